The van der Waals surface area contributed by atoms with Gasteiger partial charge in [0.25, 0.3) is 0 Å². The van der Waals surface area contributed by atoms with Crippen LogP contribution >= 0.6 is 0 Å². The molecule has 1 aromatic rings. The number of rotatable bonds is 4. The van der Waals surface area contributed by atoms with Gasteiger partial charge >= 0.3 is 0 Å². The summed E-state index contributed by atoms with van der Waals surface area (Å²) in [6.45, 7) is 5.72. The summed E-state index contributed by atoms with van der Waals surface area (Å²) in [6.07, 6.45) is 3.28. The van der Waals surface area contributed by atoms with E-state index in [1.165, 1.54) is 0 Å². The number of hydrogen-bond acceptors (Lipinski definition) is 3. The van der Waals surface area contributed by atoms with Crippen molar-refractivity contribution in [3.05, 3.63) is 36.5 Å². The van der Waals surface area contributed by atoms with Crippen molar-refractivity contribution in [3.8, 4) is 0 Å². The van der Waals surface area contributed by atoms with Gasteiger partial charge in [0, 0.05) is 37.1 Å². The summed E-state index contributed by atoms with van der Waals surface area (Å²) in [5.74, 6) is 0.111. The van der Waals surface area contributed by atoms with E-state index in [1.807, 2.05) is 64.0 Å². The lowest BCUT2D eigenvalue weighted by atomic mass is 9.91. The average Bonchev–Trinajstić information content (AvgIpc) is 2.28. The van der Waals surface area contributed by atoms with E-state index in [2.05, 4.69) is 5.32 Å². The summed E-state index contributed by atoms with van der Waals surface area (Å²) < 4.78 is 0. The quantitative estimate of drug-likeness (QED) is 0.827. The minimum atomic E-state index is -0.326. The Balaban J connectivity index is 2.59. The average molecular weight is 246 g/mol. The number of hydrogen-bond donors (Lipinski definition) is 1. The zero-order valence-corrected chi connectivity index (χ0v) is 11.8. The number of carbonyl (C=O) groups is 1. The predicted molar refractivity (Wildman–Crippen MR) is 78.0 cm³/mol. The van der Waals surface area contributed by atoms with E-state index in [1.54, 1.807) is 12.3 Å². The molecule has 0 fully saturated rings. The fourth-order valence-corrected chi connectivity index (χ4v) is 1.32. The van der Waals surface area contributed by atoms with Crippen LogP contribution in [0.1, 0.15) is 20.8 Å². The highest BCUT2D eigenvalue weighted by atomic mass is 16.1. The Morgan fingerprint density at radius 3 is 2.17 bits per heavy atom. The molecule has 0 spiro atoms. The van der Waals surface area contributed by atoms with Crippen molar-refractivity contribution in [1.29, 1.82) is 0 Å². The number of allylic oxidation sites excluding steroid dienone is 1. The molecule has 0 aliphatic rings. The highest BCUT2D eigenvalue weighted by Crippen LogP contribution is 2.17. The summed E-state index contributed by atoms with van der Waals surface area (Å²) >= 11 is 0. The zero-order chi connectivity index (χ0) is 13.8. The van der Waals surface area contributed by atoms with E-state index in [0.29, 0.717) is 0 Å². The van der Waals surface area contributed by atoms with Gasteiger partial charge in [0.2, 0.25) is 0 Å². The molecule has 98 valence electrons. The molecular weight excluding hydrogens is 224 g/mol. The van der Waals surface area contributed by atoms with Crippen LogP contribution in [0.3, 0.4) is 0 Å². The molecule has 0 aromatic heterocycles. The molecule has 0 saturated carbocycles. The van der Waals surface area contributed by atoms with Crippen molar-refractivity contribution in [2.45, 2.75) is 20.8 Å². The van der Waals surface area contributed by atoms with Gasteiger partial charge in [-0.05, 0) is 30.3 Å². The topological polar surface area (TPSA) is 32.3 Å². The lowest BCUT2D eigenvalue weighted by Crippen LogP contribution is -2.17. The van der Waals surface area contributed by atoms with Crippen LogP contribution in [0.2, 0.25) is 0 Å². The maximum absolute atomic E-state index is 11.7. The van der Waals surface area contributed by atoms with Gasteiger partial charge < -0.3 is 10.2 Å². The van der Waals surface area contributed by atoms with Crippen molar-refractivity contribution in [2.24, 2.45) is 5.41 Å². The lowest BCUT2D eigenvalue weighted by Gasteiger charge is -2.13. The zero-order valence-electron chi connectivity index (χ0n) is 11.8. The number of nitrogens with one attached hydrogen (secondary N) is 1. The van der Waals surface area contributed by atoms with E-state index >= 15 is 0 Å². The molecule has 3 nitrogen and oxygen atoms in total. The van der Waals surface area contributed by atoms with Crippen molar-refractivity contribution in [2.75, 3.05) is 24.3 Å². The van der Waals surface area contributed by atoms with E-state index in [0.717, 1.165) is 11.4 Å². The lowest BCUT2D eigenvalue weighted by molar-refractivity contribution is -0.121. The van der Waals surface area contributed by atoms with Crippen molar-refractivity contribution in [3.63, 3.8) is 0 Å². The minimum absolute atomic E-state index is 0.111. The molecule has 0 bridgehead atoms. The van der Waals surface area contributed by atoms with Crippen LogP contribution in [-0.2, 0) is 4.79 Å². The molecule has 1 N–H and O–H groups in total. The van der Waals surface area contributed by atoms with Crippen LogP contribution in [0.15, 0.2) is 36.5 Å². The third kappa shape index (κ3) is 4.24. The molecular formula is C15H22N2O. The number of ketones is 1. The van der Waals surface area contributed by atoms with Crippen molar-refractivity contribution >= 4 is 17.2 Å². The van der Waals surface area contributed by atoms with Gasteiger partial charge in [-0.15, -0.1) is 0 Å². The smallest absolute Gasteiger partial charge is 0.162 e. The Bertz CT molecular complexity index is 425. The normalized spacial score (nSPS) is 11.6. The molecule has 18 heavy (non-hydrogen) atoms. The molecule has 0 radical (unpaired) electrons. The van der Waals surface area contributed by atoms with Crippen LogP contribution < -0.4 is 10.2 Å². The monoisotopic (exact) mass is 246 g/mol. The predicted octanol–water partition coefficient (Wildman–Crippen LogP) is 3.29. The highest BCUT2D eigenvalue weighted by molar-refractivity contribution is 5.94. The Hall–Kier alpha value is -1.77. The SMILES string of the molecule is CN(C)c1ccc(N/C=C/C(=O)C(C)(C)C)cc1. The fraction of sp³-hybridized carbons (Fsp3) is 0.400. The minimum Gasteiger partial charge on any atom is -0.378 e. The first-order valence-electron chi connectivity index (χ1n) is 6.05. The molecule has 3 heteroatoms. The van der Waals surface area contributed by atoms with Crippen LogP contribution in [-0.4, -0.2) is 19.9 Å². The van der Waals surface area contributed by atoms with E-state index in [-0.39, 0.29) is 11.2 Å². The first kappa shape index (κ1) is 14.3. The summed E-state index contributed by atoms with van der Waals surface area (Å²) in [7, 11) is 4.01. The van der Waals surface area contributed by atoms with Gasteiger partial charge in [0.15, 0.2) is 5.78 Å². The summed E-state index contributed by atoms with van der Waals surface area (Å²) in [5, 5.41) is 3.09. The van der Waals surface area contributed by atoms with Crippen molar-refractivity contribution in [1.82, 2.24) is 0 Å². The van der Waals surface area contributed by atoms with E-state index in [4.69, 9.17) is 0 Å². The molecule has 0 saturated heterocycles. The molecule has 1 rings (SSSR count). The molecule has 1 aromatic carbocycles. The molecule has 0 atom stereocenters. The molecule has 0 aliphatic carbocycles. The van der Waals surface area contributed by atoms with Gasteiger partial charge in [-0.1, -0.05) is 20.8 Å². The highest BCUT2D eigenvalue weighted by Gasteiger charge is 2.17. The Morgan fingerprint density at radius 2 is 1.72 bits per heavy atom. The second-order valence-electron chi connectivity index (χ2n) is 5.53. The maximum atomic E-state index is 11.7. The van der Waals surface area contributed by atoms with Crippen LogP contribution in [0.5, 0.6) is 0 Å². The number of anilines is 2. The number of benzene rings is 1. The third-order valence-corrected chi connectivity index (χ3v) is 2.61. The van der Waals surface area contributed by atoms with Gasteiger partial charge in [-0.2, -0.15) is 0 Å². The standard InChI is InChI=1S/C15H22N2O/c1-15(2,3)14(18)10-11-16-12-6-8-13(9-7-12)17(4)5/h6-11,16H,1-5H3/b11-10+. The number of carbonyl (C=O) groups excluding carboxylic acids is 1. The molecule has 0 aliphatic heterocycles. The van der Waals surface area contributed by atoms with E-state index < -0.39 is 0 Å². The summed E-state index contributed by atoms with van der Waals surface area (Å²) in [5.41, 5.74) is 1.79. The summed E-state index contributed by atoms with van der Waals surface area (Å²) in [6, 6.07) is 8.03. The van der Waals surface area contributed by atoms with Crippen LogP contribution in [0, 0.1) is 5.41 Å². The van der Waals surface area contributed by atoms with E-state index in [9.17, 15) is 4.79 Å². The molecule has 0 amide bonds. The Kier molecular flexibility index (Phi) is 4.54. The summed E-state index contributed by atoms with van der Waals surface area (Å²) in [4.78, 5) is 13.7. The maximum Gasteiger partial charge on any atom is 0.162 e. The van der Waals surface area contributed by atoms with Gasteiger partial charge in [0.05, 0.1) is 0 Å². The number of nitrogens with zero attached hydrogens (tertiary/aromatic N) is 1. The van der Waals surface area contributed by atoms with Crippen LogP contribution in [0.25, 0.3) is 0 Å². The van der Waals surface area contributed by atoms with Crippen LogP contribution in [0.4, 0.5) is 11.4 Å². The Morgan fingerprint density at radius 1 is 1.17 bits per heavy atom. The molecule has 0 unspecified atom stereocenters. The van der Waals surface area contributed by atoms with Gasteiger partial charge in [-0.3, -0.25) is 4.79 Å². The van der Waals surface area contributed by atoms with Gasteiger partial charge in [0.1, 0.15) is 0 Å². The first-order valence-corrected chi connectivity index (χ1v) is 6.05. The Labute approximate surface area is 109 Å². The van der Waals surface area contributed by atoms with Gasteiger partial charge in [-0.25, -0.2) is 0 Å². The third-order valence-electron chi connectivity index (χ3n) is 2.61. The second-order valence-corrected chi connectivity index (χ2v) is 5.53. The molecule has 0 heterocycles. The first-order chi connectivity index (χ1) is 8.30. The second kappa shape index (κ2) is 5.71. The fourth-order valence-electron chi connectivity index (χ4n) is 1.32. The largest absolute Gasteiger partial charge is 0.378 e. The van der Waals surface area contributed by atoms with Crippen molar-refractivity contribution < 1.29 is 4.79 Å².